The summed E-state index contributed by atoms with van der Waals surface area (Å²) < 4.78 is 43.5. The van der Waals surface area contributed by atoms with Crippen molar-refractivity contribution in [3.05, 3.63) is 23.8 Å². The number of rotatable bonds is 3. The van der Waals surface area contributed by atoms with Gasteiger partial charge in [0, 0.05) is 18.7 Å². The minimum absolute atomic E-state index is 0.0149. The van der Waals surface area contributed by atoms with Crippen molar-refractivity contribution in [2.75, 3.05) is 25.1 Å². The van der Waals surface area contributed by atoms with Crippen molar-refractivity contribution in [1.29, 1.82) is 0 Å². The van der Waals surface area contributed by atoms with Gasteiger partial charge in [0.25, 0.3) is 0 Å². The fourth-order valence-corrected chi connectivity index (χ4v) is 2.27. The van der Waals surface area contributed by atoms with Crippen molar-refractivity contribution in [3.8, 4) is 5.75 Å². The Balaban J connectivity index is 2.37. The average Bonchev–Trinajstić information content (AvgIpc) is 2.78. The maximum absolute atomic E-state index is 12.9. The number of hydrogen-bond acceptors (Lipinski definition) is 3. The molecule has 0 bridgehead atoms. The summed E-state index contributed by atoms with van der Waals surface area (Å²) in [6, 6.07) is 3.61. The zero-order valence-electron chi connectivity index (χ0n) is 10.9. The van der Waals surface area contributed by atoms with Crippen LogP contribution in [-0.2, 0) is 11.0 Å². The first-order chi connectivity index (χ1) is 9.36. The molecular weight excluding hydrogens is 273 g/mol. The van der Waals surface area contributed by atoms with Gasteiger partial charge in [0.05, 0.1) is 12.7 Å². The Morgan fingerprint density at radius 3 is 2.65 bits per heavy atom. The number of alkyl halides is 3. The van der Waals surface area contributed by atoms with Crippen LogP contribution in [0.1, 0.15) is 12.0 Å². The molecule has 1 heterocycles. The van der Waals surface area contributed by atoms with Crippen molar-refractivity contribution in [2.24, 2.45) is 11.7 Å². The quantitative estimate of drug-likeness (QED) is 0.926. The number of anilines is 1. The summed E-state index contributed by atoms with van der Waals surface area (Å²) in [6.45, 7) is 0.684. The van der Waals surface area contributed by atoms with Crippen LogP contribution in [0.25, 0.3) is 0 Å². The van der Waals surface area contributed by atoms with E-state index in [0.717, 1.165) is 6.07 Å². The number of nitrogens with two attached hydrogens (primary N) is 1. The van der Waals surface area contributed by atoms with Crippen LogP contribution in [0, 0.1) is 5.92 Å². The summed E-state index contributed by atoms with van der Waals surface area (Å²) in [6.07, 6.45) is -4.26. The second-order valence-corrected chi connectivity index (χ2v) is 4.69. The number of amides is 1. The molecule has 1 saturated heterocycles. The van der Waals surface area contributed by atoms with Gasteiger partial charge in [-0.05, 0) is 30.7 Å². The first-order valence-electron chi connectivity index (χ1n) is 6.12. The standard InChI is InChI=1S/C13H15F3N2O2/c1-20-11-3-2-9(5-10(11)13(14,15)16)18-7-8(6-17)4-12(18)19/h2-3,5,8H,4,6-7,17H2,1H3. The zero-order valence-corrected chi connectivity index (χ0v) is 10.9. The van der Waals surface area contributed by atoms with Gasteiger partial charge >= 0.3 is 6.18 Å². The lowest BCUT2D eigenvalue weighted by molar-refractivity contribution is -0.138. The molecule has 0 aliphatic carbocycles. The molecule has 0 spiro atoms. The second-order valence-electron chi connectivity index (χ2n) is 4.69. The van der Waals surface area contributed by atoms with E-state index in [9.17, 15) is 18.0 Å². The highest BCUT2D eigenvalue weighted by atomic mass is 19.4. The summed E-state index contributed by atoms with van der Waals surface area (Å²) in [5.74, 6) is -0.485. The molecule has 2 N–H and O–H groups in total. The molecular formula is C13H15F3N2O2. The van der Waals surface area contributed by atoms with Gasteiger partial charge in [0.15, 0.2) is 0 Å². The predicted octanol–water partition coefficient (Wildman–Crippen LogP) is 2.03. The van der Waals surface area contributed by atoms with Crippen LogP contribution in [0.3, 0.4) is 0 Å². The molecule has 1 aliphatic rings. The molecule has 2 rings (SSSR count). The van der Waals surface area contributed by atoms with E-state index in [1.807, 2.05) is 0 Å². The number of ether oxygens (including phenoxy) is 1. The summed E-state index contributed by atoms with van der Waals surface area (Å²) in [4.78, 5) is 13.2. The Morgan fingerprint density at radius 1 is 1.45 bits per heavy atom. The van der Waals surface area contributed by atoms with Gasteiger partial charge in [-0.1, -0.05) is 0 Å². The highest BCUT2D eigenvalue weighted by Crippen LogP contribution is 2.39. The van der Waals surface area contributed by atoms with E-state index in [2.05, 4.69) is 0 Å². The van der Waals surface area contributed by atoms with Crippen molar-refractivity contribution in [2.45, 2.75) is 12.6 Å². The van der Waals surface area contributed by atoms with Gasteiger partial charge in [-0.3, -0.25) is 4.79 Å². The topological polar surface area (TPSA) is 55.6 Å². The van der Waals surface area contributed by atoms with Crippen molar-refractivity contribution < 1.29 is 22.7 Å². The summed E-state index contributed by atoms with van der Waals surface area (Å²) in [5.41, 5.74) is 4.84. The third-order valence-electron chi connectivity index (χ3n) is 3.34. The molecule has 7 heteroatoms. The van der Waals surface area contributed by atoms with Crippen LogP contribution in [0.5, 0.6) is 5.75 Å². The highest BCUT2D eigenvalue weighted by Gasteiger charge is 2.36. The normalized spacial score (nSPS) is 19.6. The van der Waals surface area contributed by atoms with Crippen LogP contribution in [-0.4, -0.2) is 26.1 Å². The molecule has 0 saturated carbocycles. The molecule has 1 aromatic rings. The van der Waals surface area contributed by atoms with Gasteiger partial charge in [-0.25, -0.2) is 0 Å². The third-order valence-corrected chi connectivity index (χ3v) is 3.34. The Bertz CT molecular complexity index is 517. The van der Waals surface area contributed by atoms with Crippen LogP contribution < -0.4 is 15.4 Å². The molecule has 1 aromatic carbocycles. The van der Waals surface area contributed by atoms with E-state index in [1.54, 1.807) is 0 Å². The van der Waals surface area contributed by atoms with Gasteiger partial charge in [-0.15, -0.1) is 0 Å². The molecule has 0 radical (unpaired) electrons. The minimum Gasteiger partial charge on any atom is -0.496 e. The highest BCUT2D eigenvalue weighted by molar-refractivity contribution is 5.96. The lowest BCUT2D eigenvalue weighted by Gasteiger charge is -2.19. The summed E-state index contributed by atoms with van der Waals surface area (Å²) in [7, 11) is 1.18. The van der Waals surface area contributed by atoms with Crippen molar-refractivity contribution in [3.63, 3.8) is 0 Å². The van der Waals surface area contributed by atoms with Crippen LogP contribution in [0.4, 0.5) is 18.9 Å². The molecule has 110 valence electrons. The van der Waals surface area contributed by atoms with E-state index in [-0.39, 0.29) is 29.7 Å². The number of benzene rings is 1. The van der Waals surface area contributed by atoms with Crippen molar-refractivity contribution in [1.82, 2.24) is 0 Å². The van der Waals surface area contributed by atoms with Crippen LogP contribution >= 0.6 is 0 Å². The molecule has 1 atom stereocenters. The van der Waals surface area contributed by atoms with E-state index in [0.29, 0.717) is 13.1 Å². The van der Waals surface area contributed by atoms with Crippen LogP contribution in [0.15, 0.2) is 18.2 Å². The second kappa shape index (κ2) is 5.32. The lowest BCUT2D eigenvalue weighted by Crippen LogP contribution is -2.26. The van der Waals surface area contributed by atoms with Gasteiger partial charge < -0.3 is 15.4 Å². The minimum atomic E-state index is -4.53. The van der Waals surface area contributed by atoms with E-state index < -0.39 is 11.7 Å². The first-order valence-corrected chi connectivity index (χ1v) is 6.12. The molecule has 1 fully saturated rings. The third kappa shape index (κ3) is 2.72. The largest absolute Gasteiger partial charge is 0.496 e. The molecule has 0 aromatic heterocycles. The Hall–Kier alpha value is -1.76. The van der Waals surface area contributed by atoms with Crippen molar-refractivity contribution >= 4 is 11.6 Å². The fourth-order valence-electron chi connectivity index (χ4n) is 2.27. The molecule has 20 heavy (non-hydrogen) atoms. The maximum Gasteiger partial charge on any atom is 0.420 e. The zero-order chi connectivity index (χ0) is 14.9. The monoisotopic (exact) mass is 288 g/mol. The number of hydrogen-bond donors (Lipinski definition) is 1. The molecule has 1 unspecified atom stereocenters. The smallest absolute Gasteiger partial charge is 0.420 e. The van der Waals surface area contributed by atoms with E-state index in [1.165, 1.54) is 24.1 Å². The SMILES string of the molecule is COc1ccc(N2CC(CN)CC2=O)cc1C(F)(F)F. The van der Waals surface area contributed by atoms with Gasteiger partial charge in [0.2, 0.25) is 5.91 Å². The van der Waals surface area contributed by atoms with E-state index in [4.69, 9.17) is 10.5 Å². The first kappa shape index (κ1) is 14.6. The lowest BCUT2D eigenvalue weighted by atomic mass is 10.1. The van der Waals surface area contributed by atoms with Gasteiger partial charge in [-0.2, -0.15) is 13.2 Å². The maximum atomic E-state index is 12.9. The number of carbonyl (C=O) groups is 1. The van der Waals surface area contributed by atoms with E-state index >= 15 is 0 Å². The summed E-state index contributed by atoms with van der Waals surface area (Å²) in [5, 5.41) is 0. The average molecular weight is 288 g/mol. The molecule has 4 nitrogen and oxygen atoms in total. The number of carbonyl (C=O) groups excluding carboxylic acids is 1. The van der Waals surface area contributed by atoms with Crippen LogP contribution in [0.2, 0.25) is 0 Å². The fraction of sp³-hybridized carbons (Fsp3) is 0.462. The predicted molar refractivity (Wildman–Crippen MR) is 67.5 cm³/mol. The molecule has 1 aliphatic heterocycles. The Kier molecular flexibility index (Phi) is 3.89. The number of nitrogens with zero attached hydrogens (tertiary/aromatic N) is 1. The number of halogens is 3. The Labute approximate surface area is 114 Å². The molecule has 1 amide bonds. The number of methoxy groups -OCH3 is 1. The Morgan fingerprint density at radius 2 is 2.15 bits per heavy atom. The summed E-state index contributed by atoms with van der Waals surface area (Å²) >= 11 is 0. The van der Waals surface area contributed by atoms with Gasteiger partial charge in [0.1, 0.15) is 5.75 Å².